The minimum absolute atomic E-state index is 0.0189. The number of anilines is 1. The first-order chi connectivity index (χ1) is 19.5. The lowest BCUT2D eigenvalue weighted by atomic mass is 10.1. The van der Waals surface area contributed by atoms with Gasteiger partial charge < -0.3 is 26.0 Å². The van der Waals surface area contributed by atoms with Gasteiger partial charge in [-0.3, -0.25) is 14.5 Å². The smallest absolute Gasteiger partial charge is 0.416 e. The van der Waals surface area contributed by atoms with E-state index in [4.69, 9.17) is 10.5 Å². The molecule has 216 valence electrons. The fourth-order valence-electron chi connectivity index (χ4n) is 4.71. The third-order valence-electron chi connectivity index (χ3n) is 7.07. The molecule has 0 radical (unpaired) electrons. The number of nitrogens with one attached hydrogen (secondary N) is 2. The second kappa shape index (κ2) is 11.7. The van der Waals surface area contributed by atoms with Crippen molar-refractivity contribution in [3.8, 4) is 22.9 Å². The zero-order chi connectivity index (χ0) is 29.1. The van der Waals surface area contributed by atoms with Gasteiger partial charge in [0.25, 0.3) is 5.91 Å². The number of benzene rings is 2. The second-order valence-corrected chi connectivity index (χ2v) is 10.1. The lowest BCUT2D eigenvalue weighted by molar-refractivity contribution is -0.137. The minimum Gasteiger partial charge on any atom is -0.457 e. The van der Waals surface area contributed by atoms with E-state index in [0.717, 1.165) is 38.3 Å². The third-order valence-corrected chi connectivity index (χ3v) is 7.07. The number of likely N-dealkylation sites (N-methyl/N-ethyl adjacent to an activating group) is 1. The van der Waals surface area contributed by atoms with Crippen LogP contribution in [-0.4, -0.2) is 77.4 Å². The van der Waals surface area contributed by atoms with E-state index in [2.05, 4.69) is 30.4 Å². The highest BCUT2D eigenvalue weighted by Crippen LogP contribution is 2.35. The van der Waals surface area contributed by atoms with E-state index >= 15 is 0 Å². The summed E-state index contributed by atoms with van der Waals surface area (Å²) < 4.78 is 46.5. The number of piperazine rings is 1. The van der Waals surface area contributed by atoms with Crippen molar-refractivity contribution in [2.24, 2.45) is 5.73 Å². The molecule has 0 bridgehead atoms. The van der Waals surface area contributed by atoms with E-state index in [1.165, 1.54) is 12.1 Å². The number of amides is 2. The molecule has 3 aromatic rings. The quantitative estimate of drug-likeness (QED) is 0.378. The van der Waals surface area contributed by atoms with Crippen LogP contribution in [0.2, 0.25) is 0 Å². The minimum atomic E-state index is -4.47. The first kappa shape index (κ1) is 28.3. The Kier molecular flexibility index (Phi) is 8.08. The van der Waals surface area contributed by atoms with Gasteiger partial charge in [0.1, 0.15) is 29.1 Å². The van der Waals surface area contributed by atoms with Gasteiger partial charge in [-0.2, -0.15) is 13.2 Å². The Labute approximate surface area is 234 Å². The van der Waals surface area contributed by atoms with Gasteiger partial charge in [0, 0.05) is 56.5 Å². The normalized spacial score (nSPS) is 18.2. The van der Waals surface area contributed by atoms with E-state index < -0.39 is 23.7 Å². The summed E-state index contributed by atoms with van der Waals surface area (Å²) in [4.78, 5) is 36.8. The molecule has 2 aromatic carbocycles. The van der Waals surface area contributed by atoms with E-state index in [1.807, 2.05) is 7.05 Å². The molecule has 2 saturated heterocycles. The molecule has 5 rings (SSSR count). The van der Waals surface area contributed by atoms with E-state index in [9.17, 15) is 22.8 Å². The van der Waals surface area contributed by atoms with Gasteiger partial charge in [-0.05, 0) is 55.9 Å². The number of halogens is 3. The third kappa shape index (κ3) is 6.92. The Morgan fingerprint density at radius 2 is 1.83 bits per heavy atom. The monoisotopic (exact) mass is 569 g/mol. The van der Waals surface area contributed by atoms with Crippen molar-refractivity contribution >= 4 is 17.6 Å². The number of nitrogens with two attached hydrogens (primary N) is 1. The molecule has 41 heavy (non-hydrogen) atoms. The topological polar surface area (TPSA) is 126 Å². The standard InChI is InChI=1S/C28H30F3N7O3/c1-37-10-12-38(13-11-37)16-18-14-19(28(29,30)31)4-7-23(18)41-20-5-2-17(3-6-20)26-35-22(25(32)39)15-24(36-26)34-21-8-9-33-27(21)40/h2-7,14-15,21H,8-13,16H2,1H3,(H2,32,39)(H,33,40)(H,34,35,36). The molecule has 2 amide bonds. The van der Waals surface area contributed by atoms with Crippen LogP contribution < -0.4 is 21.1 Å². The van der Waals surface area contributed by atoms with Crippen molar-refractivity contribution in [1.29, 1.82) is 0 Å². The molecule has 0 saturated carbocycles. The molecule has 2 aliphatic rings. The number of carbonyl (C=O) groups excluding carboxylic acids is 2. The first-order valence-corrected chi connectivity index (χ1v) is 13.2. The summed E-state index contributed by atoms with van der Waals surface area (Å²) in [5, 5.41) is 5.74. The number of carbonyl (C=O) groups is 2. The average Bonchev–Trinajstić information content (AvgIpc) is 3.34. The predicted octanol–water partition coefficient (Wildman–Crippen LogP) is 3.10. The van der Waals surface area contributed by atoms with Gasteiger partial charge >= 0.3 is 6.18 Å². The Bertz CT molecular complexity index is 1420. The molecular formula is C28H30F3N7O3. The number of alkyl halides is 3. The number of hydrogen-bond acceptors (Lipinski definition) is 8. The predicted molar refractivity (Wildman–Crippen MR) is 145 cm³/mol. The van der Waals surface area contributed by atoms with Gasteiger partial charge in [0.15, 0.2) is 5.82 Å². The summed E-state index contributed by atoms with van der Waals surface area (Å²) in [6, 6.07) is 11.0. The molecule has 13 heteroatoms. The van der Waals surface area contributed by atoms with Crippen LogP contribution in [0.3, 0.4) is 0 Å². The molecule has 3 heterocycles. The summed E-state index contributed by atoms with van der Waals surface area (Å²) in [6.45, 7) is 4.02. The molecule has 10 nitrogen and oxygen atoms in total. The largest absolute Gasteiger partial charge is 0.457 e. The van der Waals surface area contributed by atoms with Crippen LogP contribution >= 0.6 is 0 Å². The highest BCUT2D eigenvalue weighted by Gasteiger charge is 2.31. The van der Waals surface area contributed by atoms with Crippen molar-refractivity contribution in [3.05, 3.63) is 65.4 Å². The molecule has 1 atom stereocenters. The fraction of sp³-hybridized carbons (Fsp3) is 0.357. The zero-order valence-electron chi connectivity index (χ0n) is 22.4. The molecule has 1 unspecified atom stereocenters. The highest BCUT2D eigenvalue weighted by molar-refractivity contribution is 5.92. The molecule has 4 N–H and O–H groups in total. The van der Waals surface area contributed by atoms with Gasteiger partial charge in [-0.15, -0.1) is 0 Å². The van der Waals surface area contributed by atoms with Crippen LogP contribution in [0, 0.1) is 0 Å². The maximum Gasteiger partial charge on any atom is 0.416 e. The Morgan fingerprint density at radius 3 is 2.46 bits per heavy atom. The maximum atomic E-state index is 13.5. The van der Waals surface area contributed by atoms with Gasteiger partial charge in [-0.25, -0.2) is 9.97 Å². The fourth-order valence-corrected chi connectivity index (χ4v) is 4.71. The summed E-state index contributed by atoms with van der Waals surface area (Å²) in [6.07, 6.45) is -3.90. The molecular weight excluding hydrogens is 539 g/mol. The number of aromatic nitrogens is 2. The van der Waals surface area contributed by atoms with E-state index in [0.29, 0.717) is 42.1 Å². The molecule has 1 aromatic heterocycles. The number of rotatable bonds is 8. The Hall–Kier alpha value is -4.23. The highest BCUT2D eigenvalue weighted by atomic mass is 19.4. The summed E-state index contributed by atoms with van der Waals surface area (Å²) in [5.41, 5.74) is 5.71. The summed E-state index contributed by atoms with van der Waals surface area (Å²) >= 11 is 0. The molecule has 2 aliphatic heterocycles. The Morgan fingerprint density at radius 1 is 1.10 bits per heavy atom. The van der Waals surface area contributed by atoms with Crippen LogP contribution in [0.25, 0.3) is 11.4 Å². The lowest BCUT2D eigenvalue weighted by Crippen LogP contribution is -2.43. The van der Waals surface area contributed by atoms with Crippen molar-refractivity contribution in [1.82, 2.24) is 25.1 Å². The number of hydrogen-bond donors (Lipinski definition) is 3. The molecule has 0 aliphatic carbocycles. The van der Waals surface area contributed by atoms with Crippen molar-refractivity contribution in [3.63, 3.8) is 0 Å². The Balaban J connectivity index is 1.37. The average molecular weight is 570 g/mol. The van der Waals surface area contributed by atoms with Crippen molar-refractivity contribution in [2.75, 3.05) is 45.1 Å². The number of primary amides is 1. The van der Waals surface area contributed by atoms with Gasteiger partial charge in [-0.1, -0.05) is 0 Å². The second-order valence-electron chi connectivity index (χ2n) is 10.1. The van der Waals surface area contributed by atoms with Crippen molar-refractivity contribution in [2.45, 2.75) is 25.2 Å². The van der Waals surface area contributed by atoms with E-state index in [1.54, 1.807) is 24.3 Å². The van der Waals surface area contributed by atoms with Crippen LogP contribution in [0.5, 0.6) is 11.5 Å². The SMILES string of the molecule is CN1CCN(Cc2cc(C(F)(F)F)ccc2Oc2ccc(-c3nc(NC4CCNC4=O)cc(C(N)=O)n3)cc2)CC1. The van der Waals surface area contributed by atoms with Gasteiger partial charge in [0.2, 0.25) is 5.91 Å². The number of nitrogens with zero attached hydrogens (tertiary/aromatic N) is 4. The van der Waals surface area contributed by atoms with Crippen LogP contribution in [0.4, 0.5) is 19.0 Å². The maximum absolute atomic E-state index is 13.5. The summed E-state index contributed by atoms with van der Waals surface area (Å²) in [7, 11) is 2.01. The van der Waals surface area contributed by atoms with Gasteiger partial charge in [0.05, 0.1) is 5.56 Å². The molecule has 2 fully saturated rings. The van der Waals surface area contributed by atoms with E-state index in [-0.39, 0.29) is 23.2 Å². The molecule has 0 spiro atoms. The van der Waals surface area contributed by atoms with Crippen LogP contribution in [0.15, 0.2) is 48.5 Å². The van der Waals surface area contributed by atoms with Crippen LogP contribution in [-0.2, 0) is 17.5 Å². The zero-order valence-corrected chi connectivity index (χ0v) is 22.4. The van der Waals surface area contributed by atoms with Crippen LogP contribution in [0.1, 0.15) is 28.0 Å². The lowest BCUT2D eigenvalue weighted by Gasteiger charge is -2.32. The number of ether oxygens (including phenoxy) is 1. The first-order valence-electron chi connectivity index (χ1n) is 13.2. The summed E-state index contributed by atoms with van der Waals surface area (Å²) in [5.74, 6) is 0.312. The van der Waals surface area contributed by atoms with Crippen molar-refractivity contribution < 1.29 is 27.5 Å².